The predicted molar refractivity (Wildman–Crippen MR) is 69.0 cm³/mol. The zero-order valence-electron chi connectivity index (χ0n) is 10.6. The van der Waals surface area contributed by atoms with Gasteiger partial charge in [-0.3, -0.25) is 4.79 Å². The topological polar surface area (TPSA) is 76.1 Å². The number of carbonyl (C=O) groups is 2. The van der Waals surface area contributed by atoms with Crippen LogP contribution in [0.5, 0.6) is 11.5 Å². The fourth-order valence-corrected chi connectivity index (χ4v) is 2.29. The maximum atomic E-state index is 12.4. The van der Waals surface area contributed by atoms with Gasteiger partial charge in [0.25, 0.3) is 5.91 Å². The number of ether oxygens (including phenoxy) is 2. The Morgan fingerprint density at radius 3 is 2.70 bits per heavy atom. The summed E-state index contributed by atoms with van der Waals surface area (Å²) in [6, 6.07) is 3.97. The Bertz CT molecular complexity index is 595. The van der Waals surface area contributed by atoms with Crippen molar-refractivity contribution in [3.05, 3.63) is 35.9 Å². The summed E-state index contributed by atoms with van der Waals surface area (Å²) in [5.41, 5.74) is 0.393. The van der Waals surface area contributed by atoms with Crippen LogP contribution < -0.4 is 9.47 Å². The van der Waals surface area contributed by atoms with Crippen LogP contribution in [-0.2, 0) is 4.79 Å². The van der Waals surface area contributed by atoms with E-state index < -0.39 is 12.0 Å². The minimum Gasteiger partial charge on any atom is -0.486 e. The van der Waals surface area contributed by atoms with Gasteiger partial charge in [-0.1, -0.05) is 12.2 Å². The number of hydrogen-bond acceptors (Lipinski definition) is 4. The molecule has 1 amide bonds. The van der Waals surface area contributed by atoms with E-state index in [1.165, 1.54) is 11.0 Å². The number of rotatable bonds is 2. The second kappa shape index (κ2) is 4.88. The Morgan fingerprint density at radius 2 is 1.95 bits per heavy atom. The molecule has 2 aliphatic heterocycles. The molecule has 1 aromatic rings. The van der Waals surface area contributed by atoms with Crippen molar-refractivity contribution in [1.29, 1.82) is 0 Å². The molecule has 0 saturated carbocycles. The number of fused-ring (bicyclic) bond motifs is 1. The molecule has 104 valence electrons. The maximum Gasteiger partial charge on any atom is 0.330 e. The highest BCUT2D eigenvalue weighted by atomic mass is 16.6. The number of carbonyl (C=O) groups excluding carboxylic acids is 1. The molecule has 6 heteroatoms. The summed E-state index contributed by atoms with van der Waals surface area (Å²) in [7, 11) is 0. The minimum atomic E-state index is -1.04. The number of hydrogen-bond donors (Lipinski definition) is 1. The molecular formula is C14H13NO5. The molecule has 3 rings (SSSR count). The molecule has 0 bridgehead atoms. The van der Waals surface area contributed by atoms with Gasteiger partial charge in [-0.2, -0.15) is 0 Å². The molecule has 6 nitrogen and oxygen atoms in total. The summed E-state index contributed by atoms with van der Waals surface area (Å²) in [4.78, 5) is 24.8. The van der Waals surface area contributed by atoms with E-state index in [4.69, 9.17) is 14.6 Å². The Kier molecular flexibility index (Phi) is 3.06. The van der Waals surface area contributed by atoms with Gasteiger partial charge in [0.15, 0.2) is 11.5 Å². The zero-order valence-corrected chi connectivity index (χ0v) is 10.6. The van der Waals surface area contributed by atoms with E-state index in [2.05, 4.69) is 0 Å². The highest BCUT2D eigenvalue weighted by molar-refractivity contribution is 5.98. The first-order valence-corrected chi connectivity index (χ1v) is 6.27. The van der Waals surface area contributed by atoms with Crippen molar-refractivity contribution in [2.75, 3.05) is 19.8 Å². The van der Waals surface area contributed by atoms with Crippen molar-refractivity contribution < 1.29 is 24.2 Å². The fourth-order valence-electron chi connectivity index (χ4n) is 2.29. The van der Waals surface area contributed by atoms with Gasteiger partial charge in [0.2, 0.25) is 0 Å². The summed E-state index contributed by atoms with van der Waals surface area (Å²) in [5, 5.41) is 9.08. The van der Waals surface area contributed by atoms with Crippen molar-refractivity contribution in [1.82, 2.24) is 4.90 Å². The third-order valence-corrected chi connectivity index (χ3v) is 3.26. The van der Waals surface area contributed by atoms with Crippen molar-refractivity contribution in [2.45, 2.75) is 6.04 Å². The number of nitrogens with zero attached hydrogens (tertiary/aromatic N) is 1. The van der Waals surface area contributed by atoms with Crippen molar-refractivity contribution >= 4 is 11.9 Å². The van der Waals surface area contributed by atoms with Crippen LogP contribution in [0.4, 0.5) is 0 Å². The first-order valence-electron chi connectivity index (χ1n) is 6.27. The van der Waals surface area contributed by atoms with Gasteiger partial charge in [0.1, 0.15) is 19.3 Å². The van der Waals surface area contributed by atoms with Gasteiger partial charge in [-0.05, 0) is 18.2 Å². The van der Waals surface area contributed by atoms with Gasteiger partial charge < -0.3 is 19.5 Å². The van der Waals surface area contributed by atoms with Crippen molar-refractivity contribution in [3.63, 3.8) is 0 Å². The molecule has 1 aromatic carbocycles. The van der Waals surface area contributed by atoms with Crippen LogP contribution in [0, 0.1) is 0 Å². The molecule has 1 N–H and O–H groups in total. The number of benzene rings is 1. The Hall–Kier alpha value is -2.50. The number of carboxylic acid groups (broad SMARTS) is 1. The summed E-state index contributed by atoms with van der Waals surface area (Å²) in [6.45, 7) is 1.22. The van der Waals surface area contributed by atoms with Crippen LogP contribution in [0.1, 0.15) is 10.4 Å². The van der Waals surface area contributed by atoms with E-state index in [-0.39, 0.29) is 5.91 Å². The Morgan fingerprint density at radius 1 is 1.20 bits per heavy atom. The average Bonchev–Trinajstić information content (AvgIpc) is 2.95. The molecular weight excluding hydrogens is 262 g/mol. The molecule has 0 unspecified atom stereocenters. The Labute approximate surface area is 115 Å². The molecule has 0 aromatic heterocycles. The molecule has 0 fully saturated rings. The lowest BCUT2D eigenvalue weighted by atomic mass is 10.1. The fraction of sp³-hybridized carbons (Fsp3) is 0.286. The van der Waals surface area contributed by atoms with Crippen molar-refractivity contribution in [3.8, 4) is 11.5 Å². The van der Waals surface area contributed by atoms with E-state index in [1.807, 2.05) is 0 Å². The zero-order chi connectivity index (χ0) is 14.1. The second-order valence-electron chi connectivity index (χ2n) is 4.53. The number of amides is 1. The molecule has 0 saturated heterocycles. The van der Waals surface area contributed by atoms with Crippen LogP contribution in [0.25, 0.3) is 0 Å². The van der Waals surface area contributed by atoms with Crippen LogP contribution in [0.15, 0.2) is 30.4 Å². The van der Waals surface area contributed by atoms with Gasteiger partial charge in [-0.25, -0.2) is 4.79 Å². The molecule has 2 aliphatic rings. The van der Waals surface area contributed by atoms with E-state index in [1.54, 1.807) is 24.3 Å². The Balaban J connectivity index is 1.86. The van der Waals surface area contributed by atoms with Crippen LogP contribution in [0.3, 0.4) is 0 Å². The van der Waals surface area contributed by atoms with E-state index in [0.29, 0.717) is 36.8 Å². The normalized spacial score (nSPS) is 20.0. The van der Waals surface area contributed by atoms with Crippen molar-refractivity contribution in [2.24, 2.45) is 0 Å². The van der Waals surface area contributed by atoms with Gasteiger partial charge in [0, 0.05) is 12.1 Å². The first-order chi connectivity index (χ1) is 9.66. The summed E-state index contributed by atoms with van der Waals surface area (Å²) < 4.78 is 10.8. The average molecular weight is 275 g/mol. The molecule has 0 aliphatic carbocycles. The molecule has 2 heterocycles. The number of carboxylic acids is 1. The van der Waals surface area contributed by atoms with Crippen LogP contribution in [-0.4, -0.2) is 47.7 Å². The van der Waals surface area contributed by atoms with Gasteiger partial charge in [0.05, 0.1) is 0 Å². The SMILES string of the molecule is O=C(O)[C@H]1C=CCN1C(=O)c1ccc2c(c1)OCCO2. The molecule has 0 spiro atoms. The van der Waals surface area contributed by atoms with E-state index >= 15 is 0 Å². The second-order valence-corrected chi connectivity index (χ2v) is 4.53. The monoisotopic (exact) mass is 275 g/mol. The van der Waals surface area contributed by atoms with Gasteiger partial charge >= 0.3 is 5.97 Å². The largest absolute Gasteiger partial charge is 0.486 e. The van der Waals surface area contributed by atoms with E-state index in [9.17, 15) is 9.59 Å². The lowest BCUT2D eigenvalue weighted by Crippen LogP contribution is -2.40. The smallest absolute Gasteiger partial charge is 0.330 e. The van der Waals surface area contributed by atoms with Crippen LogP contribution >= 0.6 is 0 Å². The maximum absolute atomic E-state index is 12.4. The molecule has 1 atom stereocenters. The standard InChI is InChI=1S/C14H13NO5/c16-13(15-5-1-2-10(15)14(17)18)9-3-4-11-12(8-9)20-7-6-19-11/h1-4,8,10H,5-7H2,(H,17,18)/t10-/m1/s1. The lowest BCUT2D eigenvalue weighted by molar-refractivity contribution is -0.140. The first kappa shape index (κ1) is 12.5. The van der Waals surface area contributed by atoms with Gasteiger partial charge in [-0.15, -0.1) is 0 Å². The quantitative estimate of drug-likeness (QED) is 0.812. The van der Waals surface area contributed by atoms with Crippen LogP contribution in [0.2, 0.25) is 0 Å². The third kappa shape index (κ3) is 2.09. The lowest BCUT2D eigenvalue weighted by Gasteiger charge is -2.23. The third-order valence-electron chi connectivity index (χ3n) is 3.26. The predicted octanol–water partition coefficient (Wildman–Crippen LogP) is 0.923. The molecule has 20 heavy (non-hydrogen) atoms. The minimum absolute atomic E-state index is 0.296. The molecule has 0 radical (unpaired) electrons. The highest BCUT2D eigenvalue weighted by Gasteiger charge is 2.31. The summed E-state index contributed by atoms with van der Waals surface area (Å²) in [6.07, 6.45) is 3.19. The summed E-state index contributed by atoms with van der Waals surface area (Å²) >= 11 is 0. The summed E-state index contributed by atoms with van der Waals surface area (Å²) in [5.74, 6) is -0.257. The highest BCUT2D eigenvalue weighted by Crippen LogP contribution is 2.31. The van der Waals surface area contributed by atoms with E-state index in [0.717, 1.165) is 0 Å². The number of aliphatic carboxylic acids is 1.